The predicted molar refractivity (Wildman–Crippen MR) is 95.5 cm³/mol. The maximum absolute atomic E-state index is 12.0. The van der Waals surface area contributed by atoms with Gasteiger partial charge in [-0.3, -0.25) is 4.55 Å². The van der Waals surface area contributed by atoms with E-state index in [1.807, 2.05) is 31.2 Å². The molecule has 142 valence electrons. The number of amides is 1. The summed E-state index contributed by atoms with van der Waals surface area (Å²) < 4.78 is 41.6. The molecule has 1 unspecified atom stereocenters. The molecular weight excluding hydrogens is 346 g/mol. The number of rotatable bonds is 8. The van der Waals surface area contributed by atoms with E-state index in [0.717, 1.165) is 11.3 Å². The molecule has 0 aliphatic rings. The number of carbonyl (C=O) groups is 1. The van der Waals surface area contributed by atoms with Crippen molar-refractivity contribution >= 4 is 16.2 Å². The molecule has 25 heavy (non-hydrogen) atoms. The fraction of sp³-hybridized carbons (Fsp3) is 0.588. The molecule has 1 rings (SSSR count). The van der Waals surface area contributed by atoms with E-state index in [2.05, 4.69) is 5.32 Å². The summed E-state index contributed by atoms with van der Waals surface area (Å²) in [4.78, 5) is 12.0. The van der Waals surface area contributed by atoms with Gasteiger partial charge in [-0.1, -0.05) is 12.1 Å². The van der Waals surface area contributed by atoms with Gasteiger partial charge in [0, 0.05) is 6.04 Å². The van der Waals surface area contributed by atoms with E-state index < -0.39 is 33.6 Å². The van der Waals surface area contributed by atoms with E-state index >= 15 is 0 Å². The summed E-state index contributed by atoms with van der Waals surface area (Å²) in [5.41, 5.74) is 0.247. The molecule has 0 bridgehead atoms. The van der Waals surface area contributed by atoms with Crippen LogP contribution in [-0.4, -0.2) is 43.1 Å². The number of hydrogen-bond acceptors (Lipinski definition) is 5. The molecule has 1 aromatic carbocycles. The first-order valence-electron chi connectivity index (χ1n) is 8.15. The highest BCUT2D eigenvalue weighted by atomic mass is 32.2. The molecule has 0 spiro atoms. The van der Waals surface area contributed by atoms with Crippen LogP contribution in [0, 0.1) is 0 Å². The summed E-state index contributed by atoms with van der Waals surface area (Å²) >= 11 is 0. The van der Waals surface area contributed by atoms with Crippen molar-refractivity contribution in [2.45, 2.75) is 52.2 Å². The van der Waals surface area contributed by atoms with E-state index in [0.29, 0.717) is 13.0 Å². The van der Waals surface area contributed by atoms with Crippen LogP contribution >= 0.6 is 0 Å². The Hall–Kier alpha value is -1.80. The molecule has 0 fully saturated rings. The van der Waals surface area contributed by atoms with Crippen molar-refractivity contribution in [2.24, 2.45) is 0 Å². The zero-order valence-corrected chi connectivity index (χ0v) is 15.9. The topological polar surface area (TPSA) is 102 Å². The Morgan fingerprint density at radius 1 is 1.24 bits per heavy atom. The van der Waals surface area contributed by atoms with Crippen LogP contribution in [0.1, 0.15) is 39.7 Å². The number of carbonyl (C=O) groups excluding carboxylic acids is 1. The lowest BCUT2D eigenvalue weighted by atomic mass is 10.0. The van der Waals surface area contributed by atoms with E-state index in [-0.39, 0.29) is 6.42 Å². The first kappa shape index (κ1) is 21.2. The molecular formula is C17H27NO6S. The van der Waals surface area contributed by atoms with Crippen molar-refractivity contribution in [1.82, 2.24) is 5.32 Å². The molecule has 1 amide bonds. The average Bonchev–Trinajstić information content (AvgIpc) is 2.44. The number of alkyl carbamates (subject to hydrolysis) is 1. The van der Waals surface area contributed by atoms with Gasteiger partial charge >= 0.3 is 6.09 Å². The van der Waals surface area contributed by atoms with E-state index in [4.69, 9.17) is 14.0 Å². The van der Waals surface area contributed by atoms with Crippen LogP contribution in [0.2, 0.25) is 0 Å². The summed E-state index contributed by atoms with van der Waals surface area (Å²) in [5.74, 6) is 0.297. The second-order valence-electron chi connectivity index (χ2n) is 6.70. The van der Waals surface area contributed by atoms with E-state index in [9.17, 15) is 13.2 Å². The Bertz CT molecular complexity index is 649. The van der Waals surface area contributed by atoms with Crippen molar-refractivity contribution < 1.29 is 27.2 Å². The van der Waals surface area contributed by atoms with E-state index in [1.165, 1.54) is 0 Å². The third-order valence-corrected chi connectivity index (χ3v) is 3.91. The Morgan fingerprint density at radius 2 is 1.84 bits per heavy atom. The highest BCUT2D eigenvalue weighted by Crippen LogP contribution is 2.15. The third-order valence-electron chi connectivity index (χ3n) is 3.16. The molecule has 2 N–H and O–H groups in total. The van der Waals surface area contributed by atoms with Crippen LogP contribution in [0.15, 0.2) is 24.3 Å². The Balaban J connectivity index is 2.77. The SMILES string of the molecule is CCOc1ccc(CC(CCS(=O)(=O)O)NC(=O)OC(C)(C)C)cc1. The fourth-order valence-electron chi connectivity index (χ4n) is 2.16. The second-order valence-corrected chi connectivity index (χ2v) is 8.27. The van der Waals surface area contributed by atoms with Crippen LogP contribution in [-0.2, 0) is 21.3 Å². The van der Waals surface area contributed by atoms with Crippen molar-refractivity contribution in [1.29, 1.82) is 0 Å². The standard InChI is InChI=1S/C17H27NO6S/c1-5-23-15-8-6-13(7-9-15)12-14(10-11-25(20,21)22)18-16(19)24-17(2,3)4/h6-9,14H,5,10-12H2,1-4H3,(H,18,19)(H,20,21,22). The zero-order valence-electron chi connectivity index (χ0n) is 15.1. The number of ether oxygens (including phenoxy) is 2. The summed E-state index contributed by atoms with van der Waals surface area (Å²) in [5, 5.41) is 2.67. The van der Waals surface area contributed by atoms with Crippen molar-refractivity contribution in [3.05, 3.63) is 29.8 Å². The molecule has 7 nitrogen and oxygen atoms in total. The number of hydrogen-bond donors (Lipinski definition) is 2. The van der Waals surface area contributed by atoms with Crippen molar-refractivity contribution in [2.75, 3.05) is 12.4 Å². The lowest BCUT2D eigenvalue weighted by Crippen LogP contribution is -2.41. The second kappa shape index (κ2) is 9.05. The van der Waals surface area contributed by atoms with Gasteiger partial charge in [0.05, 0.1) is 12.4 Å². The molecule has 0 radical (unpaired) electrons. The molecule has 0 saturated carbocycles. The highest BCUT2D eigenvalue weighted by Gasteiger charge is 2.21. The summed E-state index contributed by atoms with van der Waals surface area (Å²) in [7, 11) is -4.11. The maximum Gasteiger partial charge on any atom is 0.407 e. The molecule has 0 aliphatic heterocycles. The van der Waals surface area contributed by atoms with Crippen LogP contribution < -0.4 is 10.1 Å². The molecule has 1 atom stereocenters. The van der Waals surface area contributed by atoms with Crippen LogP contribution in [0.3, 0.4) is 0 Å². The van der Waals surface area contributed by atoms with Gasteiger partial charge in [0.15, 0.2) is 0 Å². The first-order chi connectivity index (χ1) is 11.5. The monoisotopic (exact) mass is 373 g/mol. The number of benzene rings is 1. The van der Waals surface area contributed by atoms with Crippen LogP contribution in [0.25, 0.3) is 0 Å². The smallest absolute Gasteiger partial charge is 0.407 e. The summed E-state index contributed by atoms with van der Waals surface area (Å²) in [6.45, 7) is 7.69. The minimum absolute atomic E-state index is 0.0747. The minimum Gasteiger partial charge on any atom is -0.494 e. The fourth-order valence-corrected chi connectivity index (χ4v) is 2.75. The summed E-state index contributed by atoms with van der Waals surface area (Å²) in [6.07, 6.45) is -0.148. The largest absolute Gasteiger partial charge is 0.494 e. The van der Waals surface area contributed by atoms with E-state index in [1.54, 1.807) is 20.8 Å². The quantitative estimate of drug-likeness (QED) is 0.680. The molecule has 0 aromatic heterocycles. The molecule has 0 aliphatic carbocycles. The average molecular weight is 373 g/mol. The van der Waals surface area contributed by atoms with Gasteiger partial charge in [0.1, 0.15) is 11.4 Å². The molecule has 0 saturated heterocycles. The first-order valence-corrected chi connectivity index (χ1v) is 9.76. The van der Waals surface area contributed by atoms with Gasteiger partial charge in [-0.15, -0.1) is 0 Å². The Morgan fingerprint density at radius 3 is 2.32 bits per heavy atom. The van der Waals surface area contributed by atoms with Crippen LogP contribution in [0.4, 0.5) is 4.79 Å². The molecule has 1 aromatic rings. The minimum atomic E-state index is -4.11. The van der Waals surface area contributed by atoms with Gasteiger partial charge in [-0.05, 0) is 58.2 Å². The Kier molecular flexibility index (Phi) is 7.69. The predicted octanol–water partition coefficient (Wildman–Crippen LogP) is 2.80. The van der Waals surface area contributed by atoms with Gasteiger partial charge < -0.3 is 14.8 Å². The molecule has 8 heteroatoms. The van der Waals surface area contributed by atoms with Crippen molar-refractivity contribution in [3.8, 4) is 5.75 Å². The maximum atomic E-state index is 12.0. The van der Waals surface area contributed by atoms with Gasteiger partial charge in [-0.2, -0.15) is 8.42 Å². The van der Waals surface area contributed by atoms with Crippen molar-refractivity contribution in [3.63, 3.8) is 0 Å². The summed E-state index contributed by atoms with van der Waals surface area (Å²) in [6, 6.07) is 6.83. The lowest BCUT2D eigenvalue weighted by Gasteiger charge is -2.23. The Labute approximate surface area is 149 Å². The van der Waals surface area contributed by atoms with Crippen LogP contribution in [0.5, 0.6) is 5.75 Å². The number of nitrogens with one attached hydrogen (secondary N) is 1. The lowest BCUT2D eigenvalue weighted by molar-refractivity contribution is 0.0503. The molecule has 0 heterocycles. The third kappa shape index (κ3) is 9.93. The highest BCUT2D eigenvalue weighted by molar-refractivity contribution is 7.85. The normalized spacial score (nSPS) is 13.2. The van der Waals surface area contributed by atoms with Gasteiger partial charge in [-0.25, -0.2) is 4.79 Å². The zero-order chi connectivity index (χ0) is 19.1. The van der Waals surface area contributed by atoms with Gasteiger partial charge in [0.25, 0.3) is 10.1 Å². The van der Waals surface area contributed by atoms with Gasteiger partial charge in [0.2, 0.25) is 0 Å².